The van der Waals surface area contributed by atoms with Gasteiger partial charge in [-0.15, -0.1) is 0 Å². The van der Waals surface area contributed by atoms with E-state index < -0.39 is 18.4 Å². The smallest absolute Gasteiger partial charge is 0.245 e. The number of hydrogen-bond acceptors (Lipinski definition) is 8. The molecule has 11 nitrogen and oxygen atoms in total. The fourth-order valence-electron chi connectivity index (χ4n) is 3.11. The minimum atomic E-state index is -0.566. The van der Waals surface area contributed by atoms with E-state index in [1.165, 1.54) is 0 Å². The molecule has 3 atom stereocenters. The van der Waals surface area contributed by atoms with Gasteiger partial charge < -0.3 is 20.3 Å². The molecule has 0 bridgehead atoms. The van der Waals surface area contributed by atoms with Crippen LogP contribution in [0.15, 0.2) is 11.4 Å². The molecule has 1 saturated carbocycles. The van der Waals surface area contributed by atoms with Crippen molar-refractivity contribution < 1.29 is 14.6 Å². The van der Waals surface area contributed by atoms with Gasteiger partial charge in [-0.2, -0.15) is 9.97 Å². The number of imidazole rings is 1. The Hall–Kier alpha value is -2.62. The van der Waals surface area contributed by atoms with Gasteiger partial charge in [0.15, 0.2) is 11.2 Å². The van der Waals surface area contributed by atoms with Gasteiger partial charge >= 0.3 is 0 Å². The quantitative estimate of drug-likeness (QED) is 0.469. The van der Waals surface area contributed by atoms with Crippen LogP contribution in [0.4, 0.5) is 5.95 Å². The van der Waals surface area contributed by atoms with E-state index >= 15 is 0 Å². The van der Waals surface area contributed by atoms with E-state index in [9.17, 15) is 5.11 Å². The molecule has 4 rings (SSSR count). The zero-order valence-electron chi connectivity index (χ0n) is 13.4. The number of hydrogen-bond donors (Lipinski definition) is 2. The summed E-state index contributed by atoms with van der Waals surface area (Å²) in [5, 5.41) is 13.1. The van der Waals surface area contributed by atoms with Gasteiger partial charge in [-0.05, 0) is 24.8 Å². The van der Waals surface area contributed by atoms with E-state index in [4.69, 9.17) is 20.7 Å². The van der Waals surface area contributed by atoms with Crippen LogP contribution >= 0.6 is 0 Å². The molecule has 25 heavy (non-hydrogen) atoms. The Labute approximate surface area is 142 Å². The summed E-state index contributed by atoms with van der Waals surface area (Å²) in [5.41, 5.74) is 15.4. The first-order chi connectivity index (χ1) is 12.2. The van der Waals surface area contributed by atoms with Crippen LogP contribution in [0.3, 0.4) is 0 Å². The van der Waals surface area contributed by atoms with Crippen LogP contribution in [-0.2, 0) is 4.74 Å². The summed E-state index contributed by atoms with van der Waals surface area (Å²) < 4.78 is 13.5. The maximum atomic E-state index is 9.44. The van der Waals surface area contributed by atoms with Crippen molar-refractivity contribution in [2.24, 2.45) is 5.11 Å². The Balaban J connectivity index is 1.71. The third-order valence-electron chi connectivity index (χ3n) is 4.64. The number of azide groups is 1. The first kappa shape index (κ1) is 15.9. The van der Waals surface area contributed by atoms with Crippen LogP contribution in [0.2, 0.25) is 0 Å². The number of nitrogen functional groups attached to an aromatic ring is 1. The van der Waals surface area contributed by atoms with Crippen LogP contribution in [0, 0.1) is 0 Å². The Morgan fingerprint density at radius 3 is 3.00 bits per heavy atom. The van der Waals surface area contributed by atoms with Crippen LogP contribution < -0.4 is 10.5 Å². The Morgan fingerprint density at radius 2 is 2.32 bits per heavy atom. The number of aromatic nitrogens is 4. The number of nitrogens with two attached hydrogens (primary N) is 1. The van der Waals surface area contributed by atoms with Crippen molar-refractivity contribution in [3.8, 4) is 5.88 Å². The molecule has 3 heterocycles. The number of aliphatic hydroxyl groups excluding tert-OH is 1. The van der Waals surface area contributed by atoms with Gasteiger partial charge in [0, 0.05) is 11.3 Å². The molecule has 0 aromatic carbocycles. The highest BCUT2D eigenvalue weighted by Crippen LogP contribution is 2.36. The van der Waals surface area contributed by atoms with E-state index in [2.05, 4.69) is 25.0 Å². The van der Waals surface area contributed by atoms with Gasteiger partial charge in [0.2, 0.25) is 11.8 Å². The maximum Gasteiger partial charge on any atom is 0.245 e. The predicted octanol–water partition coefficient (Wildman–Crippen LogP) is 1.30. The van der Waals surface area contributed by atoms with Gasteiger partial charge in [0.25, 0.3) is 0 Å². The van der Waals surface area contributed by atoms with E-state index in [0.717, 1.165) is 19.3 Å². The molecule has 2 aromatic heterocycles. The summed E-state index contributed by atoms with van der Waals surface area (Å²) in [6.45, 7) is -0.234. The zero-order valence-corrected chi connectivity index (χ0v) is 13.4. The summed E-state index contributed by atoms with van der Waals surface area (Å²) >= 11 is 0. The second kappa shape index (κ2) is 6.36. The normalized spacial score (nSPS) is 26.4. The molecule has 2 aliphatic rings. The molecule has 2 fully saturated rings. The lowest BCUT2D eigenvalue weighted by molar-refractivity contribution is -0.0233. The van der Waals surface area contributed by atoms with Crippen molar-refractivity contribution in [1.82, 2.24) is 19.5 Å². The lowest BCUT2D eigenvalue weighted by atomic mass is 9.96. The molecule has 0 radical (unpaired) electrons. The number of fused-ring (bicyclic) bond motifs is 1. The summed E-state index contributed by atoms with van der Waals surface area (Å²) in [6.07, 6.45) is 4.16. The number of ether oxygens (including phenoxy) is 2. The molecule has 0 amide bonds. The summed E-state index contributed by atoms with van der Waals surface area (Å²) in [5.74, 6) is 0.473. The maximum absolute atomic E-state index is 9.44. The highest BCUT2D eigenvalue weighted by molar-refractivity contribution is 5.78. The molecular formula is C14H18N8O3. The Bertz CT molecular complexity index is 829. The van der Waals surface area contributed by atoms with Crippen molar-refractivity contribution in [1.29, 1.82) is 0 Å². The molecule has 1 saturated heterocycles. The largest absolute Gasteiger partial charge is 0.473 e. The van der Waals surface area contributed by atoms with E-state index in [-0.39, 0.29) is 18.7 Å². The number of nitrogens with zero attached hydrogens (tertiary/aromatic N) is 7. The molecule has 0 spiro atoms. The minimum absolute atomic E-state index is 0.0969. The average Bonchev–Trinajstić information content (AvgIpc) is 3.14. The average molecular weight is 346 g/mol. The number of rotatable bonds is 5. The van der Waals surface area contributed by atoms with Crippen molar-refractivity contribution in [3.63, 3.8) is 0 Å². The molecular weight excluding hydrogens is 328 g/mol. The first-order valence-electron chi connectivity index (χ1n) is 8.17. The lowest BCUT2D eigenvalue weighted by Crippen LogP contribution is -2.25. The molecule has 11 heteroatoms. The van der Waals surface area contributed by atoms with Crippen LogP contribution in [0.25, 0.3) is 21.6 Å². The van der Waals surface area contributed by atoms with Crippen molar-refractivity contribution in [2.75, 3.05) is 12.3 Å². The van der Waals surface area contributed by atoms with E-state index in [1.807, 2.05) is 0 Å². The fourth-order valence-corrected chi connectivity index (χ4v) is 3.11. The monoisotopic (exact) mass is 346 g/mol. The summed E-state index contributed by atoms with van der Waals surface area (Å²) in [7, 11) is 0. The lowest BCUT2D eigenvalue weighted by Gasteiger charge is -2.26. The van der Waals surface area contributed by atoms with Crippen LogP contribution in [-0.4, -0.2) is 49.5 Å². The van der Waals surface area contributed by atoms with Gasteiger partial charge in [-0.1, -0.05) is 5.11 Å². The standard InChI is InChI=1S/C14H18N8O3/c15-14-18-12-11(13(19-14)24-7-2-1-3-7)22(6-17-12)10-4-8(20-21-16)9(5-23)25-10/h6-10,23H,1-5H2,(H2,15,18,19)/t8?,9-,10-/m1/s1. The van der Waals surface area contributed by atoms with Crippen molar-refractivity contribution in [3.05, 3.63) is 16.8 Å². The summed E-state index contributed by atoms with van der Waals surface area (Å²) in [6, 6.07) is -0.455. The van der Waals surface area contributed by atoms with Gasteiger partial charge in [-0.25, -0.2) is 4.98 Å². The highest BCUT2D eigenvalue weighted by Gasteiger charge is 2.36. The third kappa shape index (κ3) is 2.82. The van der Waals surface area contributed by atoms with Gasteiger partial charge in [0.05, 0.1) is 25.1 Å². The highest BCUT2D eigenvalue weighted by atomic mass is 16.5. The first-order valence-corrected chi connectivity index (χ1v) is 8.17. The molecule has 3 N–H and O–H groups in total. The molecule has 132 valence electrons. The molecule has 1 aliphatic heterocycles. The Morgan fingerprint density at radius 1 is 1.48 bits per heavy atom. The van der Waals surface area contributed by atoms with Gasteiger partial charge in [-0.3, -0.25) is 4.57 Å². The second-order valence-corrected chi connectivity index (χ2v) is 6.20. The van der Waals surface area contributed by atoms with E-state index in [1.54, 1.807) is 10.9 Å². The van der Waals surface area contributed by atoms with Crippen LogP contribution in [0.1, 0.15) is 31.9 Å². The number of aliphatic hydroxyl groups is 1. The second-order valence-electron chi connectivity index (χ2n) is 6.20. The molecule has 1 aliphatic carbocycles. The zero-order chi connectivity index (χ0) is 17.4. The molecule has 1 unspecified atom stereocenters. The topological polar surface area (TPSA) is 157 Å². The predicted molar refractivity (Wildman–Crippen MR) is 86.5 cm³/mol. The Kier molecular flexibility index (Phi) is 4.04. The van der Waals surface area contributed by atoms with Crippen molar-refractivity contribution >= 4 is 17.1 Å². The van der Waals surface area contributed by atoms with Crippen molar-refractivity contribution in [2.45, 2.75) is 50.2 Å². The van der Waals surface area contributed by atoms with Crippen LogP contribution in [0.5, 0.6) is 5.88 Å². The van der Waals surface area contributed by atoms with E-state index in [0.29, 0.717) is 23.5 Å². The number of anilines is 1. The molecule has 2 aromatic rings. The SMILES string of the molecule is [N-]=[N+]=NC1C[C@H](n2cnc3nc(N)nc(OC4CCC4)c32)O[C@@H]1CO. The van der Waals surface area contributed by atoms with Gasteiger partial charge in [0.1, 0.15) is 12.3 Å². The summed E-state index contributed by atoms with van der Waals surface area (Å²) in [4.78, 5) is 15.4. The third-order valence-corrected chi connectivity index (χ3v) is 4.64. The fraction of sp³-hybridized carbons (Fsp3) is 0.643. The minimum Gasteiger partial charge on any atom is -0.473 e.